The molecular weight excluding hydrogens is 412 g/mol. The third-order valence-corrected chi connectivity index (χ3v) is 6.39. The number of benzene rings is 3. The molecule has 3 aromatic carbocycles. The Morgan fingerprint density at radius 2 is 1.79 bits per heavy atom. The molecule has 1 aliphatic heterocycles. The first-order valence-electron chi connectivity index (χ1n) is 9.98. The number of halogens is 1. The molecule has 2 aliphatic rings. The molecule has 0 amide bonds. The van der Waals surface area contributed by atoms with Gasteiger partial charge in [0.1, 0.15) is 6.10 Å². The molecule has 0 saturated carbocycles. The number of aryl methyl sites for hydroxylation is 1. The molecule has 28 heavy (non-hydrogen) atoms. The van der Waals surface area contributed by atoms with Crippen LogP contribution in [0.2, 0.25) is 0 Å². The Balaban J connectivity index is 1.33. The van der Waals surface area contributed by atoms with E-state index in [0.717, 1.165) is 39.1 Å². The summed E-state index contributed by atoms with van der Waals surface area (Å²) < 4.78 is 12.0. The van der Waals surface area contributed by atoms with Crippen LogP contribution in [0.3, 0.4) is 0 Å². The first-order chi connectivity index (χ1) is 13.8. The maximum atomic E-state index is 5.65. The molecule has 0 spiro atoms. The lowest BCUT2D eigenvalue weighted by atomic mass is 9.94. The number of rotatable bonds is 7. The minimum absolute atomic E-state index is 0.352. The second-order valence-electron chi connectivity index (χ2n) is 7.61. The van der Waals surface area contributed by atoms with Crippen molar-refractivity contribution in [3.8, 4) is 22.3 Å². The summed E-state index contributed by atoms with van der Waals surface area (Å²) in [6.07, 6.45) is 3.42. The van der Waals surface area contributed by atoms with Gasteiger partial charge >= 0.3 is 0 Å². The summed E-state index contributed by atoms with van der Waals surface area (Å²) >= 11 is 3.79. The Morgan fingerprint density at radius 1 is 0.964 bits per heavy atom. The van der Waals surface area contributed by atoms with E-state index in [1.165, 1.54) is 43.4 Å². The first-order valence-corrected chi connectivity index (χ1v) is 10.8. The standard InChI is InChI=1S/C25H23BrO2/c26-25-14-19(11-10-17(25)6-4-12-27-15-20-16-28-20)22-8-3-9-23-21-7-2-1-5-18(21)13-24(22)23/h1-3,5,7-11,14,20H,4,6,12-13,15-16H2. The molecule has 1 atom stereocenters. The van der Waals surface area contributed by atoms with E-state index in [1.807, 2.05) is 0 Å². The normalized spacial score (nSPS) is 16.7. The summed E-state index contributed by atoms with van der Waals surface area (Å²) in [5.41, 5.74) is 9.59. The van der Waals surface area contributed by atoms with Gasteiger partial charge < -0.3 is 9.47 Å². The van der Waals surface area contributed by atoms with Crippen molar-refractivity contribution in [2.75, 3.05) is 19.8 Å². The van der Waals surface area contributed by atoms with Gasteiger partial charge in [-0.1, -0.05) is 70.5 Å². The maximum absolute atomic E-state index is 5.65. The highest BCUT2D eigenvalue weighted by Crippen LogP contribution is 2.42. The van der Waals surface area contributed by atoms with Gasteiger partial charge in [0.15, 0.2) is 0 Å². The van der Waals surface area contributed by atoms with Crippen LogP contribution in [-0.2, 0) is 22.3 Å². The molecule has 1 aliphatic carbocycles. The van der Waals surface area contributed by atoms with Crippen LogP contribution >= 0.6 is 15.9 Å². The number of epoxide rings is 1. The summed E-state index contributed by atoms with van der Waals surface area (Å²) in [6.45, 7) is 2.39. The van der Waals surface area contributed by atoms with E-state index in [4.69, 9.17) is 9.47 Å². The zero-order valence-corrected chi connectivity index (χ0v) is 17.4. The molecule has 3 aromatic rings. The fraction of sp³-hybridized carbons (Fsp3) is 0.280. The smallest absolute Gasteiger partial charge is 0.104 e. The third kappa shape index (κ3) is 3.67. The largest absolute Gasteiger partial charge is 0.379 e. The summed E-state index contributed by atoms with van der Waals surface area (Å²) in [5.74, 6) is 0. The van der Waals surface area contributed by atoms with Crippen LogP contribution in [0.4, 0.5) is 0 Å². The highest BCUT2D eigenvalue weighted by Gasteiger charge is 2.22. The average molecular weight is 435 g/mol. The average Bonchev–Trinajstić information content (AvgIpc) is 3.46. The monoisotopic (exact) mass is 434 g/mol. The molecule has 0 bridgehead atoms. The molecule has 2 nitrogen and oxygen atoms in total. The van der Waals surface area contributed by atoms with Crippen molar-refractivity contribution < 1.29 is 9.47 Å². The summed E-state index contributed by atoms with van der Waals surface area (Å²) in [4.78, 5) is 0. The van der Waals surface area contributed by atoms with Gasteiger partial charge in [0.25, 0.3) is 0 Å². The predicted molar refractivity (Wildman–Crippen MR) is 117 cm³/mol. The van der Waals surface area contributed by atoms with Crippen molar-refractivity contribution in [1.29, 1.82) is 0 Å². The van der Waals surface area contributed by atoms with Gasteiger partial charge in [-0.25, -0.2) is 0 Å². The Morgan fingerprint density at radius 3 is 2.64 bits per heavy atom. The van der Waals surface area contributed by atoms with Gasteiger partial charge in [-0.05, 0) is 64.3 Å². The molecular formula is C25H23BrO2. The molecule has 5 rings (SSSR count). The van der Waals surface area contributed by atoms with E-state index in [9.17, 15) is 0 Å². The first kappa shape index (κ1) is 18.1. The van der Waals surface area contributed by atoms with Crippen LogP contribution in [0.25, 0.3) is 22.3 Å². The van der Waals surface area contributed by atoms with Crippen molar-refractivity contribution in [3.63, 3.8) is 0 Å². The van der Waals surface area contributed by atoms with Crippen molar-refractivity contribution in [3.05, 3.63) is 81.8 Å². The molecule has 0 N–H and O–H groups in total. The zero-order chi connectivity index (χ0) is 18.9. The molecule has 1 saturated heterocycles. The fourth-order valence-electron chi connectivity index (χ4n) is 4.09. The van der Waals surface area contributed by atoms with Crippen LogP contribution in [0.1, 0.15) is 23.1 Å². The number of hydrogen-bond donors (Lipinski definition) is 0. The van der Waals surface area contributed by atoms with Crippen LogP contribution < -0.4 is 0 Å². The predicted octanol–water partition coefficient (Wildman–Crippen LogP) is 6.04. The van der Waals surface area contributed by atoms with Crippen molar-refractivity contribution in [2.24, 2.45) is 0 Å². The Bertz CT molecular complexity index is 1010. The molecule has 0 aromatic heterocycles. The van der Waals surface area contributed by atoms with Gasteiger partial charge in [-0.2, -0.15) is 0 Å². The van der Waals surface area contributed by atoms with Crippen LogP contribution in [-0.4, -0.2) is 25.9 Å². The van der Waals surface area contributed by atoms with E-state index in [0.29, 0.717) is 6.10 Å². The molecule has 0 radical (unpaired) electrons. The SMILES string of the molecule is Brc1cc(-c2cccc3c2Cc2ccccc2-3)ccc1CCCOCC1CO1. The summed E-state index contributed by atoms with van der Waals surface area (Å²) in [5, 5.41) is 0. The van der Waals surface area contributed by atoms with E-state index >= 15 is 0 Å². The summed E-state index contributed by atoms with van der Waals surface area (Å²) in [6, 6.07) is 22.2. The van der Waals surface area contributed by atoms with E-state index in [1.54, 1.807) is 0 Å². The zero-order valence-electron chi connectivity index (χ0n) is 15.8. The van der Waals surface area contributed by atoms with Gasteiger partial charge in [0.05, 0.1) is 13.2 Å². The number of fused-ring (bicyclic) bond motifs is 3. The van der Waals surface area contributed by atoms with Crippen LogP contribution in [0, 0.1) is 0 Å². The molecule has 1 fully saturated rings. The van der Waals surface area contributed by atoms with E-state index < -0.39 is 0 Å². The van der Waals surface area contributed by atoms with Gasteiger partial charge in [-0.15, -0.1) is 0 Å². The van der Waals surface area contributed by atoms with Crippen LogP contribution in [0.15, 0.2) is 65.1 Å². The third-order valence-electron chi connectivity index (χ3n) is 5.66. The topological polar surface area (TPSA) is 21.8 Å². The number of ether oxygens (including phenoxy) is 2. The highest BCUT2D eigenvalue weighted by atomic mass is 79.9. The molecule has 142 valence electrons. The number of hydrogen-bond acceptors (Lipinski definition) is 2. The lowest BCUT2D eigenvalue weighted by Crippen LogP contribution is -2.03. The Labute approximate surface area is 174 Å². The molecule has 1 heterocycles. The summed E-state index contributed by atoms with van der Waals surface area (Å²) in [7, 11) is 0. The van der Waals surface area contributed by atoms with Crippen molar-refractivity contribution >= 4 is 15.9 Å². The minimum atomic E-state index is 0.352. The molecule has 1 unspecified atom stereocenters. The second-order valence-corrected chi connectivity index (χ2v) is 8.46. The van der Waals surface area contributed by atoms with Gasteiger partial charge in [-0.3, -0.25) is 0 Å². The van der Waals surface area contributed by atoms with Gasteiger partial charge in [0, 0.05) is 11.1 Å². The maximum Gasteiger partial charge on any atom is 0.104 e. The van der Waals surface area contributed by atoms with Gasteiger partial charge in [0.2, 0.25) is 0 Å². The van der Waals surface area contributed by atoms with E-state index in [-0.39, 0.29) is 0 Å². The minimum Gasteiger partial charge on any atom is -0.379 e. The van der Waals surface area contributed by atoms with Crippen LogP contribution in [0.5, 0.6) is 0 Å². The lowest BCUT2D eigenvalue weighted by Gasteiger charge is -2.12. The van der Waals surface area contributed by atoms with Crippen molar-refractivity contribution in [1.82, 2.24) is 0 Å². The highest BCUT2D eigenvalue weighted by molar-refractivity contribution is 9.10. The Kier molecular flexibility index (Phi) is 5.06. The Hall–Kier alpha value is -1.94. The lowest BCUT2D eigenvalue weighted by molar-refractivity contribution is 0.114. The second kappa shape index (κ2) is 7.82. The quantitative estimate of drug-likeness (QED) is 0.261. The fourth-order valence-corrected chi connectivity index (χ4v) is 4.67. The van der Waals surface area contributed by atoms with E-state index in [2.05, 4.69) is 76.6 Å². The van der Waals surface area contributed by atoms with Crippen molar-refractivity contribution in [2.45, 2.75) is 25.4 Å². The molecule has 3 heteroatoms.